The number of nitrogens with zero attached hydrogens (tertiary/aromatic N) is 5. The minimum absolute atomic E-state index is 0.215. The fourth-order valence-electron chi connectivity index (χ4n) is 3.62. The quantitative estimate of drug-likeness (QED) is 0.238. The Kier molecular flexibility index (Phi) is 8.77. The number of allylic oxidation sites excluding steroid dienone is 2. The molecule has 0 saturated heterocycles. The van der Waals surface area contributed by atoms with Crippen LogP contribution in [-0.2, 0) is 11.3 Å². The molecule has 34 heavy (non-hydrogen) atoms. The van der Waals surface area contributed by atoms with E-state index in [-0.39, 0.29) is 29.3 Å². The van der Waals surface area contributed by atoms with Gasteiger partial charge in [-0.2, -0.15) is 4.98 Å². The summed E-state index contributed by atoms with van der Waals surface area (Å²) < 4.78 is 7.02. The van der Waals surface area contributed by atoms with Crippen molar-refractivity contribution in [1.82, 2.24) is 24.8 Å². The number of rotatable bonds is 12. The zero-order valence-electron chi connectivity index (χ0n) is 19.0. The number of hydrogen-bond donors (Lipinski definition) is 1. The normalized spacial score (nSPS) is 12.8. The summed E-state index contributed by atoms with van der Waals surface area (Å²) in [4.78, 5) is 48.9. The van der Waals surface area contributed by atoms with Crippen molar-refractivity contribution in [2.24, 2.45) is 5.18 Å². The number of carbonyl (C=O) groups is 1. The Bertz CT molecular complexity index is 1260. The minimum Gasteiger partial charge on any atom is -0.446 e. The highest BCUT2D eigenvalue weighted by Crippen LogP contribution is 2.26. The number of likely N-dealkylation sites (N-methyl/N-ethyl adjacent to an activating group) is 1. The number of amides is 1. The van der Waals surface area contributed by atoms with Gasteiger partial charge in [-0.25, -0.2) is 0 Å². The lowest BCUT2D eigenvalue weighted by Gasteiger charge is -2.32. The van der Waals surface area contributed by atoms with E-state index in [1.54, 1.807) is 34.3 Å². The van der Waals surface area contributed by atoms with Crippen molar-refractivity contribution < 1.29 is 9.21 Å². The fraction of sp³-hybridized carbons (Fsp3) is 0.304. The van der Waals surface area contributed by atoms with Gasteiger partial charge >= 0.3 is 0 Å². The van der Waals surface area contributed by atoms with Crippen LogP contribution in [0.25, 0.3) is 11.1 Å². The zero-order chi connectivity index (χ0) is 24.5. The highest BCUT2D eigenvalue weighted by atomic mass is 32.1. The number of carbonyl (C=O) groups excluding carboxylic acids is 1. The molecule has 0 aliphatic heterocycles. The van der Waals surface area contributed by atoms with Gasteiger partial charge in [0.1, 0.15) is 11.2 Å². The number of thiazole rings is 1. The van der Waals surface area contributed by atoms with Crippen LogP contribution >= 0.6 is 11.3 Å². The van der Waals surface area contributed by atoms with Gasteiger partial charge < -0.3 is 14.6 Å². The molecule has 1 atom stereocenters. The molecule has 0 aliphatic rings. The molecule has 11 heteroatoms. The van der Waals surface area contributed by atoms with Crippen LogP contribution in [0, 0.1) is 4.91 Å². The molecule has 1 unspecified atom stereocenters. The number of furan rings is 1. The van der Waals surface area contributed by atoms with Gasteiger partial charge in [0.25, 0.3) is 11.5 Å². The summed E-state index contributed by atoms with van der Waals surface area (Å²) in [5.74, 6) is 0.0586. The third-order valence-corrected chi connectivity index (χ3v) is 5.96. The Morgan fingerprint density at radius 1 is 1.47 bits per heavy atom. The van der Waals surface area contributed by atoms with E-state index in [9.17, 15) is 14.5 Å². The van der Waals surface area contributed by atoms with Crippen LogP contribution in [0.1, 0.15) is 30.1 Å². The molecule has 10 nitrogen and oxygen atoms in total. The maximum atomic E-state index is 13.6. The number of nitrogens with one attached hydrogen (secondary N) is 1. The van der Waals surface area contributed by atoms with E-state index in [1.807, 2.05) is 6.92 Å². The second-order valence-corrected chi connectivity index (χ2v) is 8.24. The van der Waals surface area contributed by atoms with Crippen LogP contribution in [0.3, 0.4) is 0 Å². The largest absolute Gasteiger partial charge is 0.446 e. The summed E-state index contributed by atoms with van der Waals surface area (Å²) in [6, 6.07) is 1.03. The van der Waals surface area contributed by atoms with Gasteiger partial charge in [0.15, 0.2) is 0 Å². The van der Waals surface area contributed by atoms with Crippen LogP contribution in [0.15, 0.2) is 75.0 Å². The second-order valence-electron chi connectivity index (χ2n) is 7.27. The molecule has 178 valence electrons. The van der Waals surface area contributed by atoms with Gasteiger partial charge in [0.05, 0.1) is 30.6 Å². The number of fused-ring (bicyclic) bond motifs is 1. The lowest BCUT2D eigenvalue weighted by Crippen LogP contribution is -2.42. The van der Waals surface area contributed by atoms with E-state index in [1.165, 1.54) is 35.8 Å². The fourth-order valence-corrected chi connectivity index (χ4v) is 4.21. The van der Waals surface area contributed by atoms with Crippen LogP contribution < -0.4 is 10.9 Å². The molecule has 1 N–H and O–H groups in total. The van der Waals surface area contributed by atoms with Gasteiger partial charge in [-0.15, -0.1) is 16.2 Å². The molecular formula is C23H26N6O4S. The lowest BCUT2D eigenvalue weighted by atomic mass is 10.1. The Hall–Kier alpha value is -3.70. The van der Waals surface area contributed by atoms with Gasteiger partial charge in [0, 0.05) is 29.7 Å². The molecule has 3 rings (SSSR count). The molecule has 0 fully saturated rings. The maximum absolute atomic E-state index is 13.6. The smallest absolute Gasteiger partial charge is 0.265 e. The lowest BCUT2D eigenvalue weighted by molar-refractivity contribution is -0.129. The number of aromatic nitrogens is 3. The maximum Gasteiger partial charge on any atom is 0.265 e. The first-order chi connectivity index (χ1) is 16.5. The first-order valence-electron chi connectivity index (χ1n) is 10.7. The van der Waals surface area contributed by atoms with Gasteiger partial charge in [-0.1, -0.05) is 19.6 Å². The first-order valence-corrected chi connectivity index (χ1v) is 11.6. The Morgan fingerprint density at radius 3 is 2.94 bits per heavy atom. The first kappa shape index (κ1) is 24.9. The van der Waals surface area contributed by atoms with Crippen LogP contribution in [0.4, 0.5) is 0 Å². The van der Waals surface area contributed by atoms with E-state index < -0.39 is 6.04 Å². The van der Waals surface area contributed by atoms with Crippen molar-refractivity contribution in [1.29, 1.82) is 0 Å². The van der Waals surface area contributed by atoms with Gasteiger partial charge in [0.2, 0.25) is 5.71 Å². The SMILES string of the molecule is C=C/C=C(\C=C/N=O)C(=O)N(CCNC)C(CC)c1nc2occc2c(=O)n1Cc1cncs1. The molecule has 0 aromatic carbocycles. The summed E-state index contributed by atoms with van der Waals surface area (Å²) in [7, 11) is 1.78. The molecule has 3 aromatic heterocycles. The van der Waals surface area contributed by atoms with Crippen LogP contribution in [-0.4, -0.2) is 45.5 Å². The summed E-state index contributed by atoms with van der Waals surface area (Å²) in [6.45, 7) is 6.67. The van der Waals surface area contributed by atoms with E-state index in [4.69, 9.17) is 4.42 Å². The van der Waals surface area contributed by atoms with E-state index in [0.717, 1.165) is 11.1 Å². The molecular weight excluding hydrogens is 456 g/mol. The van der Waals surface area contributed by atoms with Crippen molar-refractivity contribution in [2.45, 2.75) is 25.9 Å². The predicted molar refractivity (Wildman–Crippen MR) is 131 cm³/mol. The monoisotopic (exact) mass is 482 g/mol. The zero-order valence-corrected chi connectivity index (χ0v) is 19.8. The summed E-state index contributed by atoms with van der Waals surface area (Å²) in [6.07, 6.45) is 8.93. The number of nitroso groups, excluding NO2 is 1. The molecule has 0 saturated carbocycles. The molecule has 3 aromatic rings. The van der Waals surface area contributed by atoms with Gasteiger partial charge in [-0.3, -0.25) is 19.1 Å². The van der Waals surface area contributed by atoms with E-state index >= 15 is 0 Å². The van der Waals surface area contributed by atoms with E-state index in [0.29, 0.717) is 30.7 Å². The average Bonchev–Trinajstić information content (AvgIpc) is 3.53. The standard InChI is InChI=1S/C23H26N6O4S/c1-4-6-16(7-9-26-32)22(30)28(11-10-24-3)19(5-2)20-27-21-18(8-12-33-21)23(31)29(20)14-17-13-25-15-34-17/h4,6-9,12-13,15,19,24H,1,5,10-11,14H2,2-3H3/b9-7-,16-6+. The van der Waals surface area contributed by atoms with Gasteiger partial charge in [-0.05, 0) is 36.9 Å². The summed E-state index contributed by atoms with van der Waals surface area (Å²) in [5.41, 5.74) is 1.89. The number of hydrogen-bond acceptors (Lipinski definition) is 9. The third-order valence-electron chi connectivity index (χ3n) is 5.19. The average molecular weight is 483 g/mol. The minimum atomic E-state index is -0.554. The molecule has 0 aliphatic carbocycles. The molecule has 1 amide bonds. The Labute approximate surface area is 200 Å². The second kappa shape index (κ2) is 12.0. The topological polar surface area (TPSA) is 123 Å². The molecule has 0 spiro atoms. The van der Waals surface area contributed by atoms with Crippen molar-refractivity contribution >= 4 is 28.3 Å². The molecule has 0 radical (unpaired) electrons. The Morgan fingerprint density at radius 2 is 2.29 bits per heavy atom. The third kappa shape index (κ3) is 5.43. The van der Waals surface area contributed by atoms with Crippen LogP contribution in [0.2, 0.25) is 0 Å². The van der Waals surface area contributed by atoms with Crippen molar-refractivity contribution in [3.8, 4) is 0 Å². The molecule has 3 heterocycles. The summed E-state index contributed by atoms with van der Waals surface area (Å²) >= 11 is 1.43. The van der Waals surface area contributed by atoms with E-state index in [2.05, 4.69) is 27.0 Å². The molecule has 0 bridgehead atoms. The van der Waals surface area contributed by atoms with Crippen molar-refractivity contribution in [3.05, 3.63) is 86.6 Å². The Balaban J connectivity index is 2.16. The predicted octanol–water partition coefficient (Wildman–Crippen LogP) is 3.39. The highest BCUT2D eigenvalue weighted by molar-refractivity contribution is 7.09. The highest BCUT2D eigenvalue weighted by Gasteiger charge is 2.30. The van der Waals surface area contributed by atoms with Crippen molar-refractivity contribution in [2.75, 3.05) is 20.1 Å². The summed E-state index contributed by atoms with van der Waals surface area (Å²) in [5, 5.41) is 6.13. The van der Waals surface area contributed by atoms with Crippen molar-refractivity contribution in [3.63, 3.8) is 0 Å². The van der Waals surface area contributed by atoms with Crippen LogP contribution in [0.5, 0.6) is 0 Å².